The normalized spacial score (nSPS) is 12.1. The van der Waals surface area contributed by atoms with Crippen LogP contribution in [0.1, 0.15) is 96.8 Å². The monoisotopic (exact) mass is 343 g/mol. The molecule has 0 saturated carbocycles. The first-order valence-corrected chi connectivity index (χ1v) is 9.72. The van der Waals surface area contributed by atoms with Crippen LogP contribution in [0, 0.1) is 0 Å². The molecule has 0 aromatic rings. The van der Waals surface area contributed by atoms with E-state index in [0.29, 0.717) is 6.61 Å². The highest BCUT2D eigenvalue weighted by molar-refractivity contribution is 5.76. The summed E-state index contributed by atoms with van der Waals surface area (Å²) in [6.45, 7) is 2.63. The van der Waals surface area contributed by atoms with Crippen molar-refractivity contribution in [3.8, 4) is 0 Å². The van der Waals surface area contributed by atoms with Crippen LogP contribution >= 0.6 is 0 Å². The fourth-order valence-electron chi connectivity index (χ4n) is 2.62. The predicted molar refractivity (Wildman–Crippen MR) is 96.9 cm³/mol. The van der Waals surface area contributed by atoms with Crippen LogP contribution < -0.4 is 5.73 Å². The smallest absolute Gasteiger partial charge is 0.322 e. The summed E-state index contributed by atoms with van der Waals surface area (Å²) in [6.07, 6.45) is 15.2. The average Bonchev–Trinajstić information content (AvgIpc) is 2.56. The highest BCUT2D eigenvalue weighted by Gasteiger charge is 2.15. The van der Waals surface area contributed by atoms with Crippen molar-refractivity contribution in [2.45, 2.75) is 103 Å². The fraction of sp³-hybridized carbons (Fsp3) is 0.895. The Morgan fingerprint density at radius 1 is 0.875 bits per heavy atom. The van der Waals surface area contributed by atoms with Crippen molar-refractivity contribution in [3.63, 3.8) is 0 Å². The van der Waals surface area contributed by atoms with Crippen LogP contribution in [0.4, 0.5) is 0 Å². The van der Waals surface area contributed by atoms with Crippen LogP contribution in [0.25, 0.3) is 0 Å². The van der Waals surface area contributed by atoms with E-state index in [-0.39, 0.29) is 12.8 Å². The number of nitrogens with two attached hydrogens (primary N) is 1. The number of rotatable bonds is 17. The van der Waals surface area contributed by atoms with Gasteiger partial charge in [-0.15, -0.1) is 0 Å². The zero-order valence-corrected chi connectivity index (χ0v) is 15.4. The maximum atomic E-state index is 11.5. The largest absolute Gasteiger partial charge is 0.481 e. The Hall–Kier alpha value is -1.10. The molecule has 0 aliphatic carbocycles. The molecule has 1 unspecified atom stereocenters. The summed E-state index contributed by atoms with van der Waals surface area (Å²) in [7, 11) is 0. The first kappa shape index (κ1) is 22.9. The number of hydrogen-bond acceptors (Lipinski definition) is 4. The molecule has 5 nitrogen and oxygen atoms in total. The molecule has 0 aromatic heterocycles. The Balaban J connectivity index is 3.27. The van der Waals surface area contributed by atoms with E-state index in [4.69, 9.17) is 15.6 Å². The molecule has 3 N–H and O–H groups in total. The molecule has 0 amide bonds. The van der Waals surface area contributed by atoms with Gasteiger partial charge in [0.15, 0.2) is 0 Å². The summed E-state index contributed by atoms with van der Waals surface area (Å²) in [5.74, 6) is -1.43. The molecule has 0 spiro atoms. The van der Waals surface area contributed by atoms with Crippen molar-refractivity contribution in [1.82, 2.24) is 0 Å². The van der Waals surface area contributed by atoms with Gasteiger partial charge in [-0.05, 0) is 12.8 Å². The molecular formula is C19H37NO4. The molecule has 0 fully saturated rings. The second-order valence-electron chi connectivity index (χ2n) is 6.60. The van der Waals surface area contributed by atoms with Crippen molar-refractivity contribution >= 4 is 11.9 Å². The third-order valence-electron chi connectivity index (χ3n) is 4.21. The van der Waals surface area contributed by atoms with E-state index in [1.54, 1.807) is 0 Å². The molecule has 0 aliphatic heterocycles. The maximum absolute atomic E-state index is 11.5. The lowest BCUT2D eigenvalue weighted by Gasteiger charge is -2.10. The lowest BCUT2D eigenvalue weighted by molar-refractivity contribution is -0.145. The summed E-state index contributed by atoms with van der Waals surface area (Å²) >= 11 is 0. The third kappa shape index (κ3) is 15.8. The van der Waals surface area contributed by atoms with Crippen LogP contribution in [0.2, 0.25) is 0 Å². The van der Waals surface area contributed by atoms with E-state index < -0.39 is 18.0 Å². The van der Waals surface area contributed by atoms with E-state index >= 15 is 0 Å². The van der Waals surface area contributed by atoms with Gasteiger partial charge in [0.1, 0.15) is 6.04 Å². The Labute approximate surface area is 147 Å². The zero-order valence-electron chi connectivity index (χ0n) is 15.4. The quantitative estimate of drug-likeness (QED) is 0.301. The Morgan fingerprint density at radius 3 is 1.79 bits per heavy atom. The van der Waals surface area contributed by atoms with Crippen LogP contribution in [0.5, 0.6) is 0 Å². The lowest BCUT2D eigenvalue weighted by atomic mass is 10.1. The van der Waals surface area contributed by atoms with Gasteiger partial charge in [0.05, 0.1) is 6.61 Å². The topological polar surface area (TPSA) is 89.6 Å². The van der Waals surface area contributed by atoms with Crippen LogP contribution in [-0.2, 0) is 14.3 Å². The molecule has 5 heteroatoms. The van der Waals surface area contributed by atoms with Crippen molar-refractivity contribution in [2.75, 3.05) is 6.61 Å². The molecule has 0 aliphatic rings. The standard InChI is InChI=1S/C19H37NO4/c1-2-3-4-5-6-7-8-9-10-11-12-13-16-24-19(23)17(20)14-15-18(21)22/h17H,2-16,20H2,1H3,(H,21,22). The molecule has 0 bridgehead atoms. The Kier molecular flexibility index (Phi) is 16.0. The van der Waals surface area contributed by atoms with E-state index in [9.17, 15) is 9.59 Å². The van der Waals surface area contributed by atoms with Crippen molar-refractivity contribution in [2.24, 2.45) is 5.73 Å². The Morgan fingerprint density at radius 2 is 1.33 bits per heavy atom. The molecule has 0 saturated heterocycles. The van der Waals surface area contributed by atoms with E-state index in [1.165, 1.54) is 64.2 Å². The van der Waals surface area contributed by atoms with Gasteiger partial charge >= 0.3 is 11.9 Å². The molecule has 1 atom stereocenters. The minimum absolute atomic E-state index is 0.102. The van der Waals surface area contributed by atoms with Gasteiger partial charge in [0.25, 0.3) is 0 Å². The third-order valence-corrected chi connectivity index (χ3v) is 4.21. The second-order valence-corrected chi connectivity index (χ2v) is 6.60. The lowest BCUT2D eigenvalue weighted by Crippen LogP contribution is -2.33. The predicted octanol–water partition coefficient (Wildman–Crippen LogP) is 4.42. The van der Waals surface area contributed by atoms with E-state index in [1.807, 2.05) is 0 Å². The SMILES string of the molecule is CCCCCCCCCCCCCCOC(=O)C(N)CCC(=O)O. The first-order chi connectivity index (χ1) is 11.6. The zero-order chi connectivity index (χ0) is 18.0. The number of unbranched alkanes of at least 4 members (excludes halogenated alkanes) is 11. The minimum Gasteiger partial charge on any atom is -0.481 e. The minimum atomic E-state index is -0.945. The van der Waals surface area contributed by atoms with Gasteiger partial charge in [-0.2, -0.15) is 0 Å². The summed E-state index contributed by atoms with van der Waals surface area (Å²) in [5.41, 5.74) is 5.57. The van der Waals surface area contributed by atoms with Crippen LogP contribution in [-0.4, -0.2) is 29.7 Å². The van der Waals surface area contributed by atoms with Gasteiger partial charge < -0.3 is 15.6 Å². The molecule has 0 aromatic carbocycles. The number of ether oxygens (including phenoxy) is 1. The highest BCUT2D eigenvalue weighted by Crippen LogP contribution is 2.12. The second kappa shape index (κ2) is 16.7. The van der Waals surface area contributed by atoms with E-state index in [2.05, 4.69) is 6.92 Å². The summed E-state index contributed by atoms with van der Waals surface area (Å²) in [6, 6.07) is -0.821. The van der Waals surface area contributed by atoms with Gasteiger partial charge in [-0.1, -0.05) is 77.6 Å². The highest BCUT2D eigenvalue weighted by atomic mass is 16.5. The first-order valence-electron chi connectivity index (χ1n) is 9.72. The van der Waals surface area contributed by atoms with Crippen molar-refractivity contribution in [3.05, 3.63) is 0 Å². The fourth-order valence-corrected chi connectivity index (χ4v) is 2.62. The number of hydrogen-bond donors (Lipinski definition) is 2. The van der Waals surface area contributed by atoms with Crippen LogP contribution in [0.3, 0.4) is 0 Å². The number of carboxylic acid groups (broad SMARTS) is 1. The summed E-state index contributed by atoms with van der Waals surface area (Å²) in [5, 5.41) is 8.54. The molecule has 24 heavy (non-hydrogen) atoms. The van der Waals surface area contributed by atoms with Crippen LogP contribution in [0.15, 0.2) is 0 Å². The number of carbonyl (C=O) groups excluding carboxylic acids is 1. The summed E-state index contributed by atoms with van der Waals surface area (Å²) < 4.78 is 5.07. The maximum Gasteiger partial charge on any atom is 0.322 e. The molecule has 0 radical (unpaired) electrons. The average molecular weight is 344 g/mol. The molecular weight excluding hydrogens is 306 g/mol. The Bertz CT molecular complexity index is 320. The van der Waals surface area contributed by atoms with Gasteiger partial charge in [0.2, 0.25) is 0 Å². The number of esters is 1. The van der Waals surface area contributed by atoms with Gasteiger partial charge in [0, 0.05) is 6.42 Å². The molecule has 142 valence electrons. The molecule has 0 heterocycles. The number of carbonyl (C=O) groups is 2. The van der Waals surface area contributed by atoms with Gasteiger partial charge in [-0.25, -0.2) is 0 Å². The van der Waals surface area contributed by atoms with Gasteiger partial charge in [-0.3, -0.25) is 9.59 Å². The van der Waals surface area contributed by atoms with Crippen molar-refractivity contribution in [1.29, 1.82) is 0 Å². The van der Waals surface area contributed by atoms with E-state index in [0.717, 1.165) is 12.8 Å². The summed E-state index contributed by atoms with van der Waals surface area (Å²) in [4.78, 5) is 21.9. The number of aliphatic carboxylic acids is 1. The number of carboxylic acids is 1. The van der Waals surface area contributed by atoms with Crippen molar-refractivity contribution < 1.29 is 19.4 Å². The molecule has 0 rings (SSSR count).